The summed E-state index contributed by atoms with van der Waals surface area (Å²) < 4.78 is 2.34. The van der Waals surface area contributed by atoms with Gasteiger partial charge in [0.2, 0.25) is 0 Å². The molecule has 0 N–H and O–H groups in total. The van der Waals surface area contributed by atoms with Crippen molar-refractivity contribution in [2.75, 3.05) is 0 Å². The molecular formula is C28H19N3. The van der Waals surface area contributed by atoms with E-state index in [2.05, 4.69) is 93.5 Å². The van der Waals surface area contributed by atoms with Crippen molar-refractivity contribution >= 4 is 38.6 Å². The summed E-state index contributed by atoms with van der Waals surface area (Å²) in [4.78, 5) is 8.72. The summed E-state index contributed by atoms with van der Waals surface area (Å²) >= 11 is 0. The van der Waals surface area contributed by atoms with Crippen molar-refractivity contribution in [3.63, 3.8) is 0 Å². The Kier molecular flexibility index (Phi) is 3.39. The molecule has 3 nitrogen and oxygen atoms in total. The molecule has 3 aliphatic carbocycles. The Morgan fingerprint density at radius 2 is 1.35 bits per heavy atom. The number of rotatable bonds is 1. The molecule has 1 aromatic carbocycles. The molecular weight excluding hydrogens is 378 g/mol. The number of hydrogen-bond donors (Lipinski definition) is 0. The topological polar surface area (TPSA) is 30.7 Å². The Bertz CT molecular complexity index is 1590. The number of fused-ring (bicyclic) bond motifs is 7. The molecule has 0 saturated heterocycles. The highest BCUT2D eigenvalue weighted by molar-refractivity contribution is 6.10. The monoisotopic (exact) mass is 397 g/mol. The van der Waals surface area contributed by atoms with Crippen molar-refractivity contribution in [2.24, 2.45) is 11.8 Å². The quantitative estimate of drug-likeness (QED) is 0.478. The van der Waals surface area contributed by atoms with E-state index in [0.717, 1.165) is 21.8 Å². The van der Waals surface area contributed by atoms with Gasteiger partial charge in [-0.05, 0) is 45.9 Å². The lowest BCUT2D eigenvalue weighted by Gasteiger charge is -2.32. The molecule has 0 amide bonds. The smallest absolute Gasteiger partial charge is 0.0572 e. The molecule has 146 valence electrons. The zero-order chi connectivity index (χ0) is 20.4. The van der Waals surface area contributed by atoms with Crippen LogP contribution in [0, 0.1) is 11.8 Å². The fourth-order valence-corrected chi connectivity index (χ4v) is 5.43. The van der Waals surface area contributed by atoms with Crippen LogP contribution < -0.4 is 10.4 Å². The molecule has 3 heterocycles. The van der Waals surface area contributed by atoms with E-state index in [9.17, 15) is 0 Å². The SMILES string of the molecule is C1=CC2=c3ccccc3=C3C=C(n4c5ccncc5c5cnccc54)C=CC3C2C=C1. The van der Waals surface area contributed by atoms with E-state index in [4.69, 9.17) is 0 Å². The van der Waals surface area contributed by atoms with Gasteiger partial charge in [0, 0.05) is 53.1 Å². The summed E-state index contributed by atoms with van der Waals surface area (Å²) in [6.07, 6.45) is 23.6. The molecule has 0 bridgehead atoms. The number of hydrogen-bond acceptors (Lipinski definition) is 2. The zero-order valence-corrected chi connectivity index (χ0v) is 16.8. The van der Waals surface area contributed by atoms with Crippen LogP contribution in [0.1, 0.15) is 0 Å². The third-order valence-electron chi connectivity index (χ3n) is 6.76. The molecule has 4 aromatic rings. The average Bonchev–Trinajstić information content (AvgIpc) is 3.18. The van der Waals surface area contributed by atoms with Gasteiger partial charge in [-0.1, -0.05) is 54.6 Å². The van der Waals surface area contributed by atoms with E-state index < -0.39 is 0 Å². The van der Waals surface area contributed by atoms with Crippen molar-refractivity contribution in [1.82, 2.24) is 14.5 Å². The minimum absolute atomic E-state index is 0.353. The lowest BCUT2D eigenvalue weighted by molar-refractivity contribution is 0.694. The van der Waals surface area contributed by atoms with Crippen molar-refractivity contribution in [1.29, 1.82) is 0 Å². The van der Waals surface area contributed by atoms with Crippen LogP contribution in [-0.4, -0.2) is 14.5 Å². The van der Waals surface area contributed by atoms with Gasteiger partial charge in [0.25, 0.3) is 0 Å². The molecule has 31 heavy (non-hydrogen) atoms. The van der Waals surface area contributed by atoms with Gasteiger partial charge in [-0.2, -0.15) is 0 Å². The minimum Gasteiger partial charge on any atom is -0.309 e. The predicted molar refractivity (Wildman–Crippen MR) is 126 cm³/mol. The molecule has 0 spiro atoms. The van der Waals surface area contributed by atoms with E-state index in [1.165, 1.54) is 27.3 Å². The number of allylic oxidation sites excluding steroid dienone is 8. The average molecular weight is 397 g/mol. The summed E-state index contributed by atoms with van der Waals surface area (Å²) in [7, 11) is 0. The maximum Gasteiger partial charge on any atom is 0.0572 e. The molecule has 0 aliphatic heterocycles. The lowest BCUT2D eigenvalue weighted by Crippen LogP contribution is -2.39. The first kappa shape index (κ1) is 16.8. The second-order valence-corrected chi connectivity index (χ2v) is 8.30. The second kappa shape index (κ2) is 6.26. The molecule has 3 heteroatoms. The third kappa shape index (κ3) is 2.29. The summed E-state index contributed by atoms with van der Waals surface area (Å²) in [6, 6.07) is 13.0. The van der Waals surface area contributed by atoms with Gasteiger partial charge >= 0.3 is 0 Å². The number of pyridine rings is 2. The molecule has 0 saturated carbocycles. The van der Waals surface area contributed by atoms with E-state index >= 15 is 0 Å². The Labute approximate surface area is 179 Å². The predicted octanol–water partition coefficient (Wildman–Crippen LogP) is 4.37. The van der Waals surface area contributed by atoms with Gasteiger partial charge in [-0.15, -0.1) is 0 Å². The molecule has 0 radical (unpaired) electrons. The Morgan fingerprint density at radius 3 is 2.10 bits per heavy atom. The molecule has 7 rings (SSSR count). The number of benzene rings is 1. The van der Waals surface area contributed by atoms with Gasteiger partial charge in [0.05, 0.1) is 11.0 Å². The summed E-state index contributed by atoms with van der Waals surface area (Å²) in [5, 5.41) is 4.95. The van der Waals surface area contributed by atoms with Crippen molar-refractivity contribution in [3.8, 4) is 0 Å². The maximum atomic E-state index is 4.36. The number of aromatic nitrogens is 3. The van der Waals surface area contributed by atoms with E-state index in [-0.39, 0.29) is 0 Å². The second-order valence-electron chi connectivity index (χ2n) is 8.30. The largest absolute Gasteiger partial charge is 0.309 e. The molecule has 2 atom stereocenters. The summed E-state index contributed by atoms with van der Waals surface area (Å²) in [6.45, 7) is 0. The van der Waals surface area contributed by atoms with Gasteiger partial charge in [-0.3, -0.25) is 9.97 Å². The summed E-state index contributed by atoms with van der Waals surface area (Å²) in [5.41, 5.74) is 6.30. The normalized spacial score (nSPS) is 21.2. The van der Waals surface area contributed by atoms with Crippen LogP contribution in [0.2, 0.25) is 0 Å². The van der Waals surface area contributed by atoms with Gasteiger partial charge in [0.15, 0.2) is 0 Å². The van der Waals surface area contributed by atoms with Crippen molar-refractivity contribution in [3.05, 3.63) is 114 Å². The standard InChI is InChI=1S/C28H19N3/c1-2-7-21-19(5-1)20-6-3-4-8-22(20)24-15-18(9-10-23(21)24)31-27-11-13-29-16-25(27)26-17-30-14-12-28(26)31/h1-17,21,23H. The van der Waals surface area contributed by atoms with Crippen molar-refractivity contribution in [2.45, 2.75) is 0 Å². The summed E-state index contributed by atoms with van der Waals surface area (Å²) in [5.74, 6) is 0.738. The maximum absolute atomic E-state index is 4.36. The highest BCUT2D eigenvalue weighted by Gasteiger charge is 2.30. The minimum atomic E-state index is 0.353. The van der Waals surface area contributed by atoms with Crippen LogP contribution in [0.4, 0.5) is 0 Å². The first-order valence-electron chi connectivity index (χ1n) is 10.7. The fourth-order valence-electron chi connectivity index (χ4n) is 5.43. The third-order valence-corrected chi connectivity index (χ3v) is 6.76. The molecule has 2 unspecified atom stereocenters. The highest BCUT2D eigenvalue weighted by Crippen LogP contribution is 2.40. The Hall–Kier alpha value is -3.98. The molecule has 3 aromatic heterocycles. The molecule has 0 fully saturated rings. The van der Waals surface area contributed by atoms with Crippen LogP contribution in [-0.2, 0) is 0 Å². The van der Waals surface area contributed by atoms with E-state index in [0.29, 0.717) is 11.8 Å². The highest BCUT2D eigenvalue weighted by atomic mass is 15.0. The van der Waals surface area contributed by atoms with E-state index in [1.54, 1.807) is 0 Å². The van der Waals surface area contributed by atoms with Crippen LogP contribution in [0.5, 0.6) is 0 Å². The zero-order valence-electron chi connectivity index (χ0n) is 16.8. The van der Waals surface area contributed by atoms with Crippen molar-refractivity contribution < 1.29 is 0 Å². The molecule has 3 aliphatic rings. The fraction of sp³-hybridized carbons (Fsp3) is 0.0714. The van der Waals surface area contributed by atoms with E-state index in [1.807, 2.05) is 24.8 Å². The Balaban J connectivity index is 1.57. The van der Waals surface area contributed by atoms with Gasteiger partial charge in [-0.25, -0.2) is 0 Å². The van der Waals surface area contributed by atoms with Crippen LogP contribution in [0.25, 0.3) is 38.6 Å². The van der Waals surface area contributed by atoms with Crippen LogP contribution >= 0.6 is 0 Å². The first-order chi connectivity index (χ1) is 15.4. The van der Waals surface area contributed by atoms with Crippen LogP contribution in [0.15, 0.2) is 104 Å². The number of nitrogens with zero attached hydrogens (tertiary/aromatic N) is 3. The van der Waals surface area contributed by atoms with Gasteiger partial charge < -0.3 is 4.57 Å². The Morgan fingerprint density at radius 1 is 0.677 bits per heavy atom. The van der Waals surface area contributed by atoms with Crippen LogP contribution in [0.3, 0.4) is 0 Å². The first-order valence-corrected chi connectivity index (χ1v) is 10.7. The van der Waals surface area contributed by atoms with Gasteiger partial charge in [0.1, 0.15) is 0 Å². The lowest BCUT2D eigenvalue weighted by atomic mass is 9.72.